The van der Waals surface area contributed by atoms with Crippen molar-refractivity contribution in [2.45, 2.75) is 74.3 Å². The van der Waals surface area contributed by atoms with Gasteiger partial charge in [-0.05, 0) is 30.6 Å². The highest BCUT2D eigenvalue weighted by Gasteiger charge is 2.40. The topological polar surface area (TPSA) is 29.1 Å². The summed E-state index contributed by atoms with van der Waals surface area (Å²) in [5.41, 5.74) is -0.0772. The number of carbonyl (C=O) groups is 1. The van der Waals surface area contributed by atoms with Crippen molar-refractivity contribution in [3.05, 3.63) is 0 Å². The first-order valence-corrected chi connectivity index (χ1v) is 6.60. The summed E-state index contributed by atoms with van der Waals surface area (Å²) in [5, 5.41) is 3.20. The SMILES string of the molecule is CC(C)C(C)(C)C(C)(C)NC(=O)CC(C)(C)C. The Hall–Kier alpha value is -0.530. The maximum absolute atomic E-state index is 12.0. The fourth-order valence-electron chi connectivity index (χ4n) is 1.76. The number of amides is 1. The predicted octanol–water partition coefficient (Wildman–Crippen LogP) is 4.00. The molecule has 0 saturated heterocycles. The molecule has 0 bridgehead atoms. The second kappa shape index (κ2) is 4.99. The maximum Gasteiger partial charge on any atom is 0.220 e. The Morgan fingerprint density at radius 3 is 1.71 bits per heavy atom. The van der Waals surface area contributed by atoms with Crippen molar-refractivity contribution in [2.75, 3.05) is 0 Å². The molecule has 17 heavy (non-hydrogen) atoms. The summed E-state index contributed by atoms with van der Waals surface area (Å²) < 4.78 is 0. The van der Waals surface area contributed by atoms with Crippen LogP contribution in [0.5, 0.6) is 0 Å². The summed E-state index contributed by atoms with van der Waals surface area (Å²) in [7, 11) is 0. The van der Waals surface area contributed by atoms with E-state index in [-0.39, 0.29) is 22.3 Å². The van der Waals surface area contributed by atoms with Crippen LogP contribution in [0.4, 0.5) is 0 Å². The second-order valence-electron chi connectivity index (χ2n) is 7.79. The van der Waals surface area contributed by atoms with E-state index in [0.717, 1.165) is 0 Å². The second-order valence-corrected chi connectivity index (χ2v) is 7.79. The van der Waals surface area contributed by atoms with Gasteiger partial charge in [0.25, 0.3) is 0 Å². The van der Waals surface area contributed by atoms with E-state index in [1.165, 1.54) is 0 Å². The number of nitrogens with one attached hydrogen (secondary N) is 1. The molecule has 0 heterocycles. The summed E-state index contributed by atoms with van der Waals surface area (Å²) in [6.45, 7) is 19.4. The van der Waals surface area contributed by atoms with Crippen LogP contribution in [-0.2, 0) is 4.79 Å². The molecule has 0 aliphatic heterocycles. The van der Waals surface area contributed by atoms with E-state index >= 15 is 0 Å². The summed E-state index contributed by atoms with van der Waals surface area (Å²) in [4.78, 5) is 12.0. The summed E-state index contributed by atoms with van der Waals surface area (Å²) in [5.74, 6) is 0.670. The van der Waals surface area contributed by atoms with E-state index in [1.54, 1.807) is 0 Å². The molecule has 0 aromatic rings. The van der Waals surface area contributed by atoms with Crippen LogP contribution in [0.1, 0.15) is 68.7 Å². The van der Waals surface area contributed by atoms with Gasteiger partial charge in [0.05, 0.1) is 0 Å². The van der Waals surface area contributed by atoms with Gasteiger partial charge in [-0.3, -0.25) is 4.79 Å². The first-order valence-electron chi connectivity index (χ1n) is 6.60. The summed E-state index contributed by atoms with van der Waals surface area (Å²) in [6, 6.07) is 0. The Kier molecular flexibility index (Phi) is 4.84. The fraction of sp³-hybridized carbons (Fsp3) is 0.933. The van der Waals surface area contributed by atoms with Crippen LogP contribution in [0.3, 0.4) is 0 Å². The average Bonchev–Trinajstić information content (AvgIpc) is 1.97. The molecule has 0 saturated carbocycles. The van der Waals surface area contributed by atoms with Crippen LogP contribution in [-0.4, -0.2) is 11.4 Å². The lowest BCUT2D eigenvalue weighted by molar-refractivity contribution is -0.126. The lowest BCUT2D eigenvalue weighted by Gasteiger charge is -2.45. The molecule has 0 aliphatic carbocycles. The minimum Gasteiger partial charge on any atom is -0.351 e. The third-order valence-corrected chi connectivity index (χ3v) is 4.20. The Labute approximate surface area is 108 Å². The van der Waals surface area contributed by atoms with Crippen LogP contribution in [0.25, 0.3) is 0 Å². The van der Waals surface area contributed by atoms with Crippen molar-refractivity contribution in [1.29, 1.82) is 0 Å². The molecule has 0 aliphatic rings. The van der Waals surface area contributed by atoms with Gasteiger partial charge < -0.3 is 5.32 Å². The molecule has 0 aromatic carbocycles. The summed E-state index contributed by atoms with van der Waals surface area (Å²) >= 11 is 0. The van der Waals surface area contributed by atoms with Gasteiger partial charge in [0.2, 0.25) is 5.91 Å². The van der Waals surface area contributed by atoms with Crippen molar-refractivity contribution < 1.29 is 4.79 Å². The Balaban J connectivity index is 4.72. The van der Waals surface area contributed by atoms with E-state index in [0.29, 0.717) is 12.3 Å². The highest BCUT2D eigenvalue weighted by atomic mass is 16.1. The molecular weight excluding hydrogens is 210 g/mol. The van der Waals surface area contributed by atoms with Crippen LogP contribution < -0.4 is 5.32 Å². The molecule has 0 aromatic heterocycles. The number of carbonyl (C=O) groups excluding carboxylic acids is 1. The van der Waals surface area contributed by atoms with Gasteiger partial charge in [0.1, 0.15) is 0 Å². The third kappa shape index (κ3) is 4.69. The van der Waals surface area contributed by atoms with Gasteiger partial charge in [-0.25, -0.2) is 0 Å². The molecule has 0 spiro atoms. The highest BCUT2D eigenvalue weighted by molar-refractivity contribution is 5.77. The van der Waals surface area contributed by atoms with Crippen molar-refractivity contribution in [2.24, 2.45) is 16.7 Å². The first-order chi connectivity index (χ1) is 7.29. The molecule has 102 valence electrons. The van der Waals surface area contributed by atoms with Gasteiger partial charge in [-0.1, -0.05) is 48.5 Å². The Morgan fingerprint density at radius 2 is 1.41 bits per heavy atom. The van der Waals surface area contributed by atoms with Gasteiger partial charge in [-0.15, -0.1) is 0 Å². The molecule has 1 N–H and O–H groups in total. The van der Waals surface area contributed by atoms with E-state index in [9.17, 15) is 4.79 Å². The number of hydrogen-bond donors (Lipinski definition) is 1. The zero-order chi connectivity index (χ0) is 14.1. The largest absolute Gasteiger partial charge is 0.351 e. The minimum atomic E-state index is -0.191. The monoisotopic (exact) mass is 241 g/mol. The number of rotatable bonds is 4. The lowest BCUT2D eigenvalue weighted by Crippen LogP contribution is -2.56. The standard InChI is InChI=1S/C15H31NO/c1-11(2)14(6,7)15(8,9)16-12(17)10-13(3,4)5/h11H,10H2,1-9H3,(H,16,17). The smallest absolute Gasteiger partial charge is 0.220 e. The van der Waals surface area contributed by atoms with E-state index < -0.39 is 0 Å². The highest BCUT2D eigenvalue weighted by Crippen LogP contribution is 2.38. The predicted molar refractivity (Wildman–Crippen MR) is 74.9 cm³/mol. The molecule has 0 rings (SSSR count). The van der Waals surface area contributed by atoms with Gasteiger partial charge in [0.15, 0.2) is 0 Å². The van der Waals surface area contributed by atoms with Gasteiger partial charge in [-0.2, -0.15) is 0 Å². The average molecular weight is 241 g/mol. The van der Waals surface area contributed by atoms with E-state index in [1.807, 2.05) is 0 Å². The van der Waals surface area contributed by atoms with Crippen molar-refractivity contribution >= 4 is 5.91 Å². The molecule has 2 heteroatoms. The Bertz CT molecular complexity index is 269. The fourth-order valence-corrected chi connectivity index (χ4v) is 1.76. The molecule has 0 radical (unpaired) electrons. The maximum atomic E-state index is 12.0. The van der Waals surface area contributed by atoms with Crippen molar-refractivity contribution in [1.82, 2.24) is 5.32 Å². The van der Waals surface area contributed by atoms with E-state index in [4.69, 9.17) is 0 Å². The van der Waals surface area contributed by atoms with Crippen molar-refractivity contribution in [3.63, 3.8) is 0 Å². The number of hydrogen-bond acceptors (Lipinski definition) is 1. The lowest BCUT2D eigenvalue weighted by atomic mass is 9.67. The van der Waals surface area contributed by atoms with Gasteiger partial charge >= 0.3 is 0 Å². The Morgan fingerprint density at radius 1 is 1.00 bits per heavy atom. The van der Waals surface area contributed by atoms with Crippen molar-refractivity contribution in [3.8, 4) is 0 Å². The molecule has 0 unspecified atom stereocenters. The van der Waals surface area contributed by atoms with Crippen LogP contribution >= 0.6 is 0 Å². The molecule has 0 fully saturated rings. The third-order valence-electron chi connectivity index (χ3n) is 4.20. The zero-order valence-corrected chi connectivity index (χ0v) is 13.2. The van der Waals surface area contributed by atoms with Crippen LogP contribution in [0.2, 0.25) is 0 Å². The quantitative estimate of drug-likeness (QED) is 0.792. The summed E-state index contributed by atoms with van der Waals surface area (Å²) in [6.07, 6.45) is 0.574. The molecule has 1 amide bonds. The normalized spacial score (nSPS) is 14.0. The zero-order valence-electron chi connectivity index (χ0n) is 13.2. The molecular formula is C15H31NO. The van der Waals surface area contributed by atoms with Crippen LogP contribution in [0, 0.1) is 16.7 Å². The first kappa shape index (κ1) is 16.5. The molecule has 0 atom stereocenters. The van der Waals surface area contributed by atoms with Crippen LogP contribution in [0.15, 0.2) is 0 Å². The van der Waals surface area contributed by atoms with Gasteiger partial charge in [0, 0.05) is 12.0 Å². The van der Waals surface area contributed by atoms with E-state index in [2.05, 4.69) is 67.6 Å². The minimum absolute atomic E-state index is 0.0438. The molecule has 2 nitrogen and oxygen atoms in total.